The van der Waals surface area contributed by atoms with Gasteiger partial charge in [-0.1, -0.05) is 6.92 Å². The SMILES string of the molecule is CCc1nn(C)c(C(=O)NCCCS(N)(=O)=O)c1N. The second-order valence-electron chi connectivity index (χ2n) is 4.16. The topological polar surface area (TPSA) is 133 Å². The van der Waals surface area contributed by atoms with Crippen molar-refractivity contribution in [3.63, 3.8) is 0 Å². The van der Waals surface area contributed by atoms with Gasteiger partial charge in [0.2, 0.25) is 10.0 Å². The van der Waals surface area contributed by atoms with Crippen LogP contribution in [0.2, 0.25) is 0 Å². The molecule has 0 unspecified atom stereocenters. The number of nitrogens with zero attached hydrogens (tertiary/aromatic N) is 2. The number of nitrogens with two attached hydrogens (primary N) is 2. The number of carbonyl (C=O) groups is 1. The quantitative estimate of drug-likeness (QED) is 0.576. The normalized spacial score (nSPS) is 11.5. The number of rotatable bonds is 6. The molecule has 0 radical (unpaired) electrons. The molecule has 0 saturated heterocycles. The predicted molar refractivity (Wildman–Crippen MR) is 71.9 cm³/mol. The summed E-state index contributed by atoms with van der Waals surface area (Å²) < 4.78 is 22.9. The molecular formula is C10H19N5O3S. The Morgan fingerprint density at radius 2 is 2.11 bits per heavy atom. The summed E-state index contributed by atoms with van der Waals surface area (Å²) in [6, 6.07) is 0. The third-order valence-electron chi connectivity index (χ3n) is 2.60. The molecule has 0 aliphatic carbocycles. The van der Waals surface area contributed by atoms with Crippen molar-refractivity contribution in [3.05, 3.63) is 11.4 Å². The molecule has 0 aromatic carbocycles. The third-order valence-corrected chi connectivity index (χ3v) is 3.46. The number of nitrogen functional groups attached to an aromatic ring is 1. The number of nitrogens with one attached hydrogen (secondary N) is 1. The minimum absolute atomic E-state index is 0.172. The Hall–Kier alpha value is -1.61. The van der Waals surface area contributed by atoms with Crippen molar-refractivity contribution >= 4 is 21.6 Å². The number of carbonyl (C=O) groups excluding carboxylic acids is 1. The summed E-state index contributed by atoms with van der Waals surface area (Å²) in [6.07, 6.45) is 0.890. The first-order chi connectivity index (χ1) is 8.76. The van der Waals surface area contributed by atoms with Crippen LogP contribution in [0.4, 0.5) is 5.69 Å². The molecule has 5 N–H and O–H groups in total. The van der Waals surface area contributed by atoms with Crippen LogP contribution in [0, 0.1) is 0 Å². The molecule has 1 rings (SSSR count). The standard InChI is InChI=1S/C10H19N5O3S/c1-3-7-8(11)9(15(2)14-7)10(16)13-5-4-6-19(12,17)18/h3-6,11H2,1-2H3,(H,13,16)(H2,12,17,18). The van der Waals surface area contributed by atoms with Crippen LogP contribution < -0.4 is 16.2 Å². The van der Waals surface area contributed by atoms with Gasteiger partial charge in [0.25, 0.3) is 5.91 Å². The Kier molecular flexibility index (Phi) is 4.90. The average molecular weight is 289 g/mol. The summed E-state index contributed by atoms with van der Waals surface area (Å²) in [4.78, 5) is 11.9. The summed E-state index contributed by atoms with van der Waals surface area (Å²) in [7, 11) is -1.86. The largest absolute Gasteiger partial charge is 0.395 e. The zero-order valence-electron chi connectivity index (χ0n) is 11.0. The molecule has 1 heterocycles. The van der Waals surface area contributed by atoms with Crippen LogP contribution in [-0.4, -0.2) is 36.4 Å². The van der Waals surface area contributed by atoms with Gasteiger partial charge < -0.3 is 11.1 Å². The van der Waals surface area contributed by atoms with Gasteiger partial charge in [-0.05, 0) is 12.8 Å². The van der Waals surface area contributed by atoms with Crippen LogP contribution in [0.5, 0.6) is 0 Å². The van der Waals surface area contributed by atoms with Gasteiger partial charge in [-0.25, -0.2) is 13.6 Å². The maximum atomic E-state index is 11.9. The fourth-order valence-electron chi connectivity index (χ4n) is 1.69. The van der Waals surface area contributed by atoms with Gasteiger partial charge in [-0.15, -0.1) is 0 Å². The van der Waals surface area contributed by atoms with E-state index in [-0.39, 0.29) is 30.3 Å². The molecule has 0 aliphatic heterocycles. The van der Waals surface area contributed by atoms with Gasteiger partial charge in [0.1, 0.15) is 5.69 Å². The van der Waals surface area contributed by atoms with Crippen LogP contribution in [0.3, 0.4) is 0 Å². The predicted octanol–water partition coefficient (Wildman–Crippen LogP) is -1.03. The monoisotopic (exact) mass is 289 g/mol. The molecule has 108 valence electrons. The van der Waals surface area contributed by atoms with Gasteiger partial charge in [-0.3, -0.25) is 9.48 Å². The van der Waals surface area contributed by atoms with Crippen molar-refractivity contribution in [3.8, 4) is 0 Å². The average Bonchev–Trinajstić information content (AvgIpc) is 2.58. The highest BCUT2D eigenvalue weighted by molar-refractivity contribution is 7.89. The van der Waals surface area contributed by atoms with Crippen molar-refractivity contribution in [2.24, 2.45) is 12.2 Å². The summed E-state index contributed by atoms with van der Waals surface area (Å²) in [5.74, 6) is -0.546. The van der Waals surface area contributed by atoms with E-state index in [1.54, 1.807) is 7.05 Å². The molecule has 0 saturated carbocycles. The Morgan fingerprint density at radius 3 is 2.58 bits per heavy atom. The fourth-order valence-corrected chi connectivity index (χ4v) is 2.23. The van der Waals surface area contributed by atoms with Crippen LogP contribution in [-0.2, 0) is 23.5 Å². The molecule has 0 spiro atoms. The van der Waals surface area contributed by atoms with E-state index in [4.69, 9.17) is 10.9 Å². The highest BCUT2D eigenvalue weighted by Gasteiger charge is 2.18. The summed E-state index contributed by atoms with van der Waals surface area (Å²) in [6.45, 7) is 2.10. The second-order valence-corrected chi connectivity index (χ2v) is 5.90. The Bertz CT molecular complexity index is 564. The molecule has 1 aromatic rings. The van der Waals surface area contributed by atoms with Crippen LogP contribution >= 0.6 is 0 Å². The first-order valence-corrected chi connectivity index (χ1v) is 7.57. The lowest BCUT2D eigenvalue weighted by Gasteiger charge is -2.05. The molecule has 19 heavy (non-hydrogen) atoms. The first kappa shape index (κ1) is 15.4. The number of hydrogen-bond donors (Lipinski definition) is 3. The van der Waals surface area contributed by atoms with E-state index in [0.29, 0.717) is 17.8 Å². The lowest BCUT2D eigenvalue weighted by atomic mass is 10.2. The van der Waals surface area contributed by atoms with Crippen molar-refractivity contribution in [1.82, 2.24) is 15.1 Å². The smallest absolute Gasteiger partial charge is 0.271 e. The molecule has 1 amide bonds. The number of aromatic nitrogens is 2. The zero-order chi connectivity index (χ0) is 14.6. The maximum absolute atomic E-state index is 11.9. The van der Waals surface area contributed by atoms with Crippen molar-refractivity contribution in [2.75, 3.05) is 18.0 Å². The summed E-state index contributed by atoms with van der Waals surface area (Å²) in [5.41, 5.74) is 7.13. The Morgan fingerprint density at radius 1 is 1.47 bits per heavy atom. The van der Waals surface area contributed by atoms with Crippen molar-refractivity contribution < 1.29 is 13.2 Å². The molecular weight excluding hydrogens is 270 g/mol. The number of hydrogen-bond acceptors (Lipinski definition) is 5. The van der Waals surface area contributed by atoms with Gasteiger partial charge in [0, 0.05) is 13.6 Å². The summed E-state index contributed by atoms with van der Waals surface area (Å²) in [5, 5.41) is 11.6. The highest BCUT2D eigenvalue weighted by Crippen LogP contribution is 2.16. The number of primary sulfonamides is 1. The summed E-state index contributed by atoms with van der Waals surface area (Å²) >= 11 is 0. The van der Waals surface area contributed by atoms with Crippen LogP contribution in [0.15, 0.2) is 0 Å². The Balaban J connectivity index is 2.62. The third kappa shape index (κ3) is 4.21. The first-order valence-electron chi connectivity index (χ1n) is 5.86. The second kappa shape index (κ2) is 6.02. The molecule has 1 aromatic heterocycles. The Labute approximate surface area is 112 Å². The van der Waals surface area contributed by atoms with E-state index >= 15 is 0 Å². The van der Waals surface area contributed by atoms with Gasteiger partial charge >= 0.3 is 0 Å². The molecule has 8 nitrogen and oxygen atoms in total. The lowest BCUT2D eigenvalue weighted by molar-refractivity contribution is 0.0945. The lowest BCUT2D eigenvalue weighted by Crippen LogP contribution is -2.29. The fraction of sp³-hybridized carbons (Fsp3) is 0.600. The minimum atomic E-state index is -3.50. The van der Waals surface area contributed by atoms with Crippen LogP contribution in [0.25, 0.3) is 0 Å². The van der Waals surface area contributed by atoms with Gasteiger partial charge in [-0.2, -0.15) is 5.10 Å². The number of aryl methyl sites for hydroxylation is 2. The zero-order valence-corrected chi connectivity index (χ0v) is 11.8. The van der Waals surface area contributed by atoms with E-state index in [1.165, 1.54) is 4.68 Å². The van der Waals surface area contributed by atoms with Crippen molar-refractivity contribution in [1.29, 1.82) is 0 Å². The van der Waals surface area contributed by atoms with E-state index in [1.807, 2.05) is 6.92 Å². The van der Waals surface area contributed by atoms with Crippen molar-refractivity contribution in [2.45, 2.75) is 19.8 Å². The van der Waals surface area contributed by atoms with E-state index < -0.39 is 10.0 Å². The van der Waals surface area contributed by atoms with Gasteiger partial charge in [0.05, 0.1) is 17.1 Å². The highest BCUT2D eigenvalue weighted by atomic mass is 32.2. The minimum Gasteiger partial charge on any atom is -0.395 e. The van der Waals surface area contributed by atoms with Crippen LogP contribution in [0.1, 0.15) is 29.5 Å². The molecule has 0 atom stereocenters. The number of anilines is 1. The number of sulfonamides is 1. The molecule has 0 fully saturated rings. The number of amides is 1. The van der Waals surface area contributed by atoms with E-state index in [2.05, 4.69) is 10.4 Å². The maximum Gasteiger partial charge on any atom is 0.271 e. The molecule has 0 aliphatic rings. The van der Waals surface area contributed by atoms with E-state index in [0.717, 1.165) is 0 Å². The van der Waals surface area contributed by atoms with Gasteiger partial charge in [0.15, 0.2) is 0 Å². The van der Waals surface area contributed by atoms with E-state index in [9.17, 15) is 13.2 Å². The molecule has 9 heteroatoms. The molecule has 0 bridgehead atoms.